The Labute approximate surface area is 170 Å². The Hall–Kier alpha value is -3.13. The molecule has 0 saturated heterocycles. The standard InChI is InChI=1S/C21H28N6O2/c1-4-9-23-21(28)24-10-11-27-17(13-29-6-3)26-18-19(27)15-8-7-14(5-2)12-16(15)25-20(18)22/h5,7-8,12H,2,4,6,9-11,13H2,1,3H3,(H2,22,25)(H2,23,24,28). The van der Waals surface area contributed by atoms with Gasteiger partial charge in [0, 0.05) is 31.6 Å². The first-order chi connectivity index (χ1) is 14.1. The average molecular weight is 396 g/mol. The lowest BCUT2D eigenvalue weighted by molar-refractivity contribution is 0.126. The van der Waals surface area contributed by atoms with E-state index in [2.05, 4.69) is 26.8 Å². The molecule has 8 heteroatoms. The number of benzene rings is 1. The van der Waals surface area contributed by atoms with Crippen molar-refractivity contribution in [1.82, 2.24) is 25.2 Å². The molecule has 0 fully saturated rings. The molecule has 0 unspecified atom stereocenters. The van der Waals surface area contributed by atoms with Gasteiger partial charge in [-0.2, -0.15) is 0 Å². The van der Waals surface area contributed by atoms with Crippen LogP contribution in [-0.4, -0.2) is 40.3 Å². The van der Waals surface area contributed by atoms with Crippen LogP contribution in [0.25, 0.3) is 28.0 Å². The van der Waals surface area contributed by atoms with Gasteiger partial charge in [0.1, 0.15) is 17.9 Å². The Morgan fingerprint density at radius 2 is 2.07 bits per heavy atom. The van der Waals surface area contributed by atoms with Crippen molar-refractivity contribution >= 4 is 39.9 Å². The molecule has 2 amide bonds. The number of nitrogens with two attached hydrogens (primary N) is 1. The summed E-state index contributed by atoms with van der Waals surface area (Å²) in [7, 11) is 0. The topological polar surface area (TPSA) is 107 Å². The molecule has 8 nitrogen and oxygen atoms in total. The summed E-state index contributed by atoms with van der Waals surface area (Å²) in [4.78, 5) is 21.1. The summed E-state index contributed by atoms with van der Waals surface area (Å²) in [5.74, 6) is 1.13. The number of anilines is 1. The summed E-state index contributed by atoms with van der Waals surface area (Å²) in [6.45, 7) is 10.4. The second kappa shape index (κ2) is 9.38. The summed E-state index contributed by atoms with van der Waals surface area (Å²) < 4.78 is 7.66. The number of rotatable bonds is 9. The molecule has 0 aliphatic heterocycles. The van der Waals surface area contributed by atoms with Crippen molar-refractivity contribution < 1.29 is 9.53 Å². The van der Waals surface area contributed by atoms with Crippen molar-refractivity contribution in [2.45, 2.75) is 33.4 Å². The lowest BCUT2D eigenvalue weighted by atomic mass is 10.1. The minimum atomic E-state index is -0.177. The van der Waals surface area contributed by atoms with Gasteiger partial charge < -0.3 is 25.7 Å². The number of nitrogens with one attached hydrogen (secondary N) is 2. The summed E-state index contributed by atoms with van der Waals surface area (Å²) in [6.07, 6.45) is 2.67. The van der Waals surface area contributed by atoms with Crippen molar-refractivity contribution in [2.75, 3.05) is 25.4 Å². The van der Waals surface area contributed by atoms with Gasteiger partial charge >= 0.3 is 6.03 Å². The van der Waals surface area contributed by atoms with Crippen LogP contribution < -0.4 is 16.4 Å². The Morgan fingerprint density at radius 1 is 1.28 bits per heavy atom. The predicted molar refractivity (Wildman–Crippen MR) is 117 cm³/mol. The molecular formula is C21H28N6O2. The highest BCUT2D eigenvalue weighted by atomic mass is 16.5. The van der Waals surface area contributed by atoms with E-state index in [0.717, 1.165) is 34.2 Å². The number of fused-ring (bicyclic) bond motifs is 3. The van der Waals surface area contributed by atoms with Crippen LogP contribution in [0, 0.1) is 0 Å². The first-order valence-electron chi connectivity index (χ1n) is 9.89. The third-order valence-electron chi connectivity index (χ3n) is 4.63. The molecule has 2 aromatic heterocycles. The first kappa shape index (κ1) is 20.6. The normalized spacial score (nSPS) is 11.1. The highest BCUT2D eigenvalue weighted by Gasteiger charge is 2.17. The number of ether oxygens (including phenoxy) is 1. The van der Waals surface area contributed by atoms with E-state index in [0.29, 0.717) is 44.2 Å². The fourth-order valence-corrected chi connectivity index (χ4v) is 3.23. The zero-order valence-electron chi connectivity index (χ0n) is 17.0. The van der Waals surface area contributed by atoms with Crippen molar-refractivity contribution in [1.29, 1.82) is 0 Å². The maximum Gasteiger partial charge on any atom is 0.314 e. The zero-order valence-corrected chi connectivity index (χ0v) is 17.0. The van der Waals surface area contributed by atoms with E-state index in [4.69, 9.17) is 15.5 Å². The van der Waals surface area contributed by atoms with Gasteiger partial charge in [0.05, 0.1) is 11.0 Å². The molecule has 0 aliphatic rings. The number of carbonyl (C=O) groups excluding carboxylic acids is 1. The second-order valence-corrected chi connectivity index (χ2v) is 6.67. The monoisotopic (exact) mass is 396 g/mol. The molecular weight excluding hydrogens is 368 g/mol. The minimum absolute atomic E-state index is 0.177. The van der Waals surface area contributed by atoms with Gasteiger partial charge in [0.25, 0.3) is 0 Å². The molecule has 3 rings (SSSR count). The maximum atomic E-state index is 11.9. The van der Waals surface area contributed by atoms with Crippen molar-refractivity contribution in [3.05, 3.63) is 36.2 Å². The van der Waals surface area contributed by atoms with Gasteiger partial charge in [-0.25, -0.2) is 14.8 Å². The first-order valence-corrected chi connectivity index (χ1v) is 9.89. The molecule has 0 saturated carbocycles. The van der Waals surface area contributed by atoms with E-state index in [1.165, 1.54) is 0 Å². The number of nitrogen functional groups attached to an aromatic ring is 1. The van der Waals surface area contributed by atoms with Gasteiger partial charge in [-0.1, -0.05) is 31.7 Å². The van der Waals surface area contributed by atoms with Gasteiger partial charge in [-0.05, 0) is 25.0 Å². The molecule has 29 heavy (non-hydrogen) atoms. The van der Waals surface area contributed by atoms with Crippen molar-refractivity contribution in [2.24, 2.45) is 0 Å². The number of carbonyl (C=O) groups is 1. The molecule has 2 heterocycles. The van der Waals surface area contributed by atoms with E-state index in [1.807, 2.05) is 32.0 Å². The molecule has 154 valence electrons. The van der Waals surface area contributed by atoms with E-state index < -0.39 is 0 Å². The molecule has 0 atom stereocenters. The number of amides is 2. The van der Waals surface area contributed by atoms with Gasteiger partial charge in [0.15, 0.2) is 5.82 Å². The third-order valence-corrected chi connectivity index (χ3v) is 4.63. The van der Waals surface area contributed by atoms with Crippen LogP contribution in [0.1, 0.15) is 31.7 Å². The number of imidazole rings is 1. The summed E-state index contributed by atoms with van der Waals surface area (Å²) in [5, 5.41) is 6.65. The van der Waals surface area contributed by atoms with Crippen LogP contribution >= 0.6 is 0 Å². The zero-order chi connectivity index (χ0) is 20.8. The SMILES string of the molecule is C=Cc1ccc2c(c1)nc(N)c1nc(COCC)n(CCNC(=O)NCCC)c12. The quantitative estimate of drug-likeness (QED) is 0.515. The lowest BCUT2D eigenvalue weighted by Crippen LogP contribution is -2.37. The van der Waals surface area contributed by atoms with E-state index in [-0.39, 0.29) is 6.03 Å². The molecule has 3 aromatic rings. The van der Waals surface area contributed by atoms with Gasteiger partial charge in [-0.3, -0.25) is 0 Å². The van der Waals surface area contributed by atoms with Crippen molar-refractivity contribution in [3.8, 4) is 0 Å². The number of hydrogen-bond donors (Lipinski definition) is 3. The van der Waals surface area contributed by atoms with Crippen LogP contribution in [0.4, 0.5) is 10.6 Å². The summed E-state index contributed by atoms with van der Waals surface area (Å²) in [5.41, 5.74) is 9.52. The smallest absolute Gasteiger partial charge is 0.314 e. The second-order valence-electron chi connectivity index (χ2n) is 6.67. The van der Waals surface area contributed by atoms with Crippen LogP contribution in [0.2, 0.25) is 0 Å². The van der Waals surface area contributed by atoms with Crippen LogP contribution in [0.3, 0.4) is 0 Å². The molecule has 1 aromatic carbocycles. The number of hydrogen-bond acceptors (Lipinski definition) is 5. The third kappa shape index (κ3) is 4.48. The van der Waals surface area contributed by atoms with Crippen LogP contribution in [0.5, 0.6) is 0 Å². The largest absolute Gasteiger partial charge is 0.382 e. The summed E-state index contributed by atoms with van der Waals surface area (Å²) >= 11 is 0. The predicted octanol–water partition coefficient (Wildman–Crippen LogP) is 3.06. The number of urea groups is 1. The fraction of sp³-hybridized carbons (Fsp3) is 0.381. The maximum absolute atomic E-state index is 11.9. The van der Waals surface area contributed by atoms with Gasteiger partial charge in [-0.15, -0.1) is 0 Å². The molecule has 0 radical (unpaired) electrons. The molecule has 4 N–H and O–H groups in total. The Morgan fingerprint density at radius 3 is 2.79 bits per heavy atom. The molecule has 0 aliphatic carbocycles. The van der Waals surface area contributed by atoms with Crippen LogP contribution in [-0.2, 0) is 17.9 Å². The Balaban J connectivity index is 2.01. The van der Waals surface area contributed by atoms with E-state index in [1.54, 1.807) is 6.08 Å². The van der Waals surface area contributed by atoms with Crippen molar-refractivity contribution in [3.63, 3.8) is 0 Å². The summed E-state index contributed by atoms with van der Waals surface area (Å²) in [6, 6.07) is 5.77. The molecule has 0 spiro atoms. The highest BCUT2D eigenvalue weighted by molar-refractivity contribution is 6.07. The van der Waals surface area contributed by atoms with E-state index >= 15 is 0 Å². The van der Waals surface area contributed by atoms with E-state index in [9.17, 15) is 4.79 Å². The Bertz CT molecular complexity index is 1030. The minimum Gasteiger partial charge on any atom is -0.382 e. The Kier molecular flexibility index (Phi) is 6.66. The number of nitrogens with zero attached hydrogens (tertiary/aromatic N) is 3. The number of pyridine rings is 1. The highest BCUT2D eigenvalue weighted by Crippen LogP contribution is 2.29. The molecule has 0 bridgehead atoms. The fourth-order valence-electron chi connectivity index (χ4n) is 3.23. The van der Waals surface area contributed by atoms with Crippen LogP contribution in [0.15, 0.2) is 24.8 Å². The van der Waals surface area contributed by atoms with Gasteiger partial charge in [0.2, 0.25) is 0 Å². The lowest BCUT2D eigenvalue weighted by Gasteiger charge is -2.12. The number of aromatic nitrogens is 3. The average Bonchev–Trinajstić information content (AvgIpc) is 3.09.